The lowest BCUT2D eigenvalue weighted by atomic mass is 9.78. The van der Waals surface area contributed by atoms with Crippen LogP contribution in [0.15, 0.2) is 0 Å². The van der Waals surface area contributed by atoms with Crippen LogP contribution < -0.4 is 5.32 Å². The molecule has 18 heavy (non-hydrogen) atoms. The molecule has 0 aromatic rings. The number of alkyl halides is 4. The minimum atomic E-state index is -4.28. The van der Waals surface area contributed by atoms with Gasteiger partial charge >= 0.3 is 6.18 Å². The number of carbonyl (C=O) groups excluding carboxylic acids is 1. The van der Waals surface area contributed by atoms with E-state index in [0.29, 0.717) is 31.7 Å². The molecule has 0 aliphatic heterocycles. The number of hydrogen-bond donors (Lipinski definition) is 1. The van der Waals surface area contributed by atoms with E-state index in [-0.39, 0.29) is 12.3 Å². The first-order chi connectivity index (χ1) is 8.36. The lowest BCUT2D eigenvalue weighted by Crippen LogP contribution is -2.43. The molecule has 0 saturated heterocycles. The average molecular weight is 286 g/mol. The van der Waals surface area contributed by atoms with Gasteiger partial charge < -0.3 is 5.32 Å². The predicted molar refractivity (Wildman–Crippen MR) is 64.4 cm³/mol. The van der Waals surface area contributed by atoms with E-state index >= 15 is 0 Å². The zero-order chi connectivity index (χ0) is 13.8. The molecule has 0 spiro atoms. The van der Waals surface area contributed by atoms with Gasteiger partial charge in [-0.15, -0.1) is 11.6 Å². The van der Waals surface area contributed by atoms with Crippen molar-refractivity contribution in [1.29, 1.82) is 0 Å². The van der Waals surface area contributed by atoms with Crippen molar-refractivity contribution in [3.8, 4) is 0 Å². The maximum absolute atomic E-state index is 12.8. The molecule has 0 aromatic carbocycles. The van der Waals surface area contributed by atoms with Crippen LogP contribution in [0.4, 0.5) is 13.2 Å². The highest BCUT2D eigenvalue weighted by Crippen LogP contribution is 2.41. The summed E-state index contributed by atoms with van der Waals surface area (Å²) >= 11 is 5.59. The van der Waals surface area contributed by atoms with Gasteiger partial charge in [0.15, 0.2) is 0 Å². The maximum atomic E-state index is 12.8. The summed E-state index contributed by atoms with van der Waals surface area (Å²) in [4.78, 5) is 11.8. The van der Waals surface area contributed by atoms with Crippen molar-refractivity contribution < 1.29 is 18.0 Å². The van der Waals surface area contributed by atoms with Gasteiger partial charge in [-0.2, -0.15) is 13.2 Å². The molecule has 106 valence electrons. The van der Waals surface area contributed by atoms with Crippen LogP contribution in [0, 0.1) is 17.8 Å². The van der Waals surface area contributed by atoms with Gasteiger partial charge in [-0.3, -0.25) is 4.79 Å². The van der Waals surface area contributed by atoms with Gasteiger partial charge in [0.25, 0.3) is 0 Å². The van der Waals surface area contributed by atoms with Crippen molar-refractivity contribution in [2.24, 2.45) is 17.8 Å². The normalized spacial score (nSPS) is 26.7. The number of rotatable bonds is 4. The van der Waals surface area contributed by atoms with E-state index in [4.69, 9.17) is 11.6 Å². The molecule has 1 saturated carbocycles. The Labute approximate surface area is 110 Å². The van der Waals surface area contributed by atoms with Crippen LogP contribution in [0.25, 0.3) is 0 Å². The third kappa shape index (κ3) is 4.34. The Bertz CT molecular complexity index is 283. The van der Waals surface area contributed by atoms with E-state index in [0.717, 1.165) is 0 Å². The summed E-state index contributed by atoms with van der Waals surface area (Å²) in [5.41, 5.74) is 0. The molecule has 1 rings (SSSR count). The van der Waals surface area contributed by atoms with Crippen molar-refractivity contribution in [3.63, 3.8) is 0 Å². The summed E-state index contributed by atoms with van der Waals surface area (Å²) in [5, 5.41) is 2.58. The van der Waals surface area contributed by atoms with E-state index in [1.807, 2.05) is 6.92 Å². The third-order valence-electron chi connectivity index (χ3n) is 3.41. The molecular weight excluding hydrogens is 267 g/mol. The molecule has 0 aromatic heterocycles. The first kappa shape index (κ1) is 15.6. The van der Waals surface area contributed by atoms with Gasteiger partial charge in [0.2, 0.25) is 5.91 Å². The van der Waals surface area contributed by atoms with Crippen LogP contribution in [0.3, 0.4) is 0 Å². The SMILES string of the molecule is CC(CCl)CNC(=O)C1CCCCC1C(F)(F)F. The van der Waals surface area contributed by atoms with Crippen molar-refractivity contribution >= 4 is 17.5 Å². The molecule has 3 atom stereocenters. The molecule has 6 heteroatoms. The molecule has 3 unspecified atom stereocenters. The molecule has 0 heterocycles. The fourth-order valence-corrected chi connectivity index (χ4v) is 2.41. The Kier molecular flexibility index (Phi) is 5.76. The summed E-state index contributed by atoms with van der Waals surface area (Å²) < 4.78 is 38.4. The molecule has 1 N–H and O–H groups in total. The quantitative estimate of drug-likeness (QED) is 0.789. The second-order valence-electron chi connectivity index (χ2n) is 5.04. The molecule has 0 bridgehead atoms. The number of hydrogen-bond acceptors (Lipinski definition) is 1. The fraction of sp³-hybridized carbons (Fsp3) is 0.917. The predicted octanol–water partition coefficient (Wildman–Crippen LogP) is 3.35. The van der Waals surface area contributed by atoms with E-state index in [1.165, 1.54) is 0 Å². The molecular formula is C12H19ClF3NO. The van der Waals surface area contributed by atoms with Gasteiger partial charge in [0, 0.05) is 18.3 Å². The monoisotopic (exact) mass is 285 g/mol. The lowest BCUT2D eigenvalue weighted by Gasteiger charge is -2.32. The summed E-state index contributed by atoms with van der Waals surface area (Å²) in [6.07, 6.45) is -2.65. The molecule has 0 radical (unpaired) electrons. The minimum absolute atomic E-state index is 0.0621. The van der Waals surface area contributed by atoms with Crippen molar-refractivity contribution in [2.45, 2.75) is 38.8 Å². The first-order valence-corrected chi connectivity index (χ1v) is 6.80. The van der Waals surface area contributed by atoms with Gasteiger partial charge in [0.1, 0.15) is 0 Å². The largest absolute Gasteiger partial charge is 0.392 e. The van der Waals surface area contributed by atoms with E-state index in [2.05, 4.69) is 5.32 Å². The van der Waals surface area contributed by atoms with Crippen LogP contribution in [0.1, 0.15) is 32.6 Å². The van der Waals surface area contributed by atoms with Crippen LogP contribution in [-0.4, -0.2) is 24.5 Å². The molecule has 1 amide bonds. The van der Waals surface area contributed by atoms with Gasteiger partial charge in [-0.05, 0) is 18.8 Å². The Morgan fingerprint density at radius 2 is 2.00 bits per heavy atom. The topological polar surface area (TPSA) is 29.1 Å². The van der Waals surface area contributed by atoms with E-state index < -0.39 is 23.9 Å². The van der Waals surface area contributed by atoms with Crippen LogP contribution in [0.2, 0.25) is 0 Å². The van der Waals surface area contributed by atoms with Gasteiger partial charge in [-0.25, -0.2) is 0 Å². The minimum Gasteiger partial charge on any atom is -0.356 e. The van der Waals surface area contributed by atoms with Crippen LogP contribution in [0.5, 0.6) is 0 Å². The zero-order valence-electron chi connectivity index (χ0n) is 10.4. The number of nitrogens with one attached hydrogen (secondary N) is 1. The fourth-order valence-electron chi connectivity index (χ4n) is 2.30. The van der Waals surface area contributed by atoms with E-state index in [9.17, 15) is 18.0 Å². The van der Waals surface area contributed by atoms with Crippen molar-refractivity contribution in [2.75, 3.05) is 12.4 Å². The first-order valence-electron chi connectivity index (χ1n) is 6.26. The molecule has 1 aliphatic rings. The highest BCUT2D eigenvalue weighted by atomic mass is 35.5. The highest BCUT2D eigenvalue weighted by molar-refractivity contribution is 6.18. The summed E-state index contributed by atoms with van der Waals surface area (Å²) in [6.45, 7) is 2.18. The maximum Gasteiger partial charge on any atom is 0.392 e. The lowest BCUT2D eigenvalue weighted by molar-refractivity contribution is -0.198. The standard InChI is InChI=1S/C12H19ClF3NO/c1-8(6-13)7-17-11(18)9-4-2-3-5-10(9)12(14,15)16/h8-10H,2-7H2,1H3,(H,17,18). The second kappa shape index (κ2) is 6.64. The smallest absolute Gasteiger partial charge is 0.356 e. The van der Waals surface area contributed by atoms with Crippen LogP contribution >= 0.6 is 11.6 Å². The Morgan fingerprint density at radius 1 is 1.39 bits per heavy atom. The summed E-state index contributed by atoms with van der Waals surface area (Å²) in [7, 11) is 0. The Balaban J connectivity index is 2.58. The number of halogens is 4. The zero-order valence-corrected chi connectivity index (χ0v) is 11.2. The highest BCUT2D eigenvalue weighted by Gasteiger charge is 2.47. The van der Waals surface area contributed by atoms with Crippen molar-refractivity contribution in [3.05, 3.63) is 0 Å². The number of carbonyl (C=O) groups is 1. The molecule has 1 aliphatic carbocycles. The van der Waals surface area contributed by atoms with Crippen LogP contribution in [-0.2, 0) is 4.79 Å². The molecule has 2 nitrogen and oxygen atoms in total. The van der Waals surface area contributed by atoms with E-state index in [1.54, 1.807) is 0 Å². The summed E-state index contributed by atoms with van der Waals surface area (Å²) in [6, 6.07) is 0. The summed E-state index contributed by atoms with van der Waals surface area (Å²) in [5.74, 6) is -2.44. The molecule has 1 fully saturated rings. The second-order valence-corrected chi connectivity index (χ2v) is 5.35. The van der Waals surface area contributed by atoms with Gasteiger partial charge in [-0.1, -0.05) is 19.8 Å². The van der Waals surface area contributed by atoms with Gasteiger partial charge in [0.05, 0.1) is 5.92 Å². The Morgan fingerprint density at radius 3 is 2.56 bits per heavy atom. The average Bonchev–Trinajstić information content (AvgIpc) is 2.34. The van der Waals surface area contributed by atoms with Crippen molar-refractivity contribution in [1.82, 2.24) is 5.32 Å². The third-order valence-corrected chi connectivity index (χ3v) is 3.94. The Hall–Kier alpha value is -0.450. The number of amides is 1.